The van der Waals surface area contributed by atoms with Crippen LogP contribution in [0, 0.1) is 0 Å². The van der Waals surface area contributed by atoms with Crippen molar-refractivity contribution >= 4 is 62.3 Å². The summed E-state index contributed by atoms with van der Waals surface area (Å²) in [5, 5.41) is 4.06. The quantitative estimate of drug-likeness (QED) is 0.411. The first-order valence-corrected chi connectivity index (χ1v) is 14.0. The molecule has 2 aromatic rings. The first-order valence-electron chi connectivity index (χ1n) is 11.1. The van der Waals surface area contributed by atoms with E-state index in [2.05, 4.69) is 5.32 Å². The van der Waals surface area contributed by atoms with E-state index in [4.69, 9.17) is 34.8 Å². The molecule has 1 atom stereocenters. The average molecular weight is 563 g/mol. The molecule has 2 rings (SSSR count). The average Bonchev–Trinajstić information content (AvgIpc) is 2.76. The molecule has 2 aromatic carbocycles. The van der Waals surface area contributed by atoms with Crippen LogP contribution in [-0.4, -0.2) is 50.0 Å². The lowest BCUT2D eigenvalue weighted by molar-refractivity contribution is -0.140. The molecule has 11 heteroatoms. The lowest BCUT2D eigenvalue weighted by Crippen LogP contribution is -2.49. The molecular weight excluding hydrogens is 533 g/mol. The van der Waals surface area contributed by atoms with Gasteiger partial charge in [-0.1, -0.05) is 40.9 Å². The number of hydrogen-bond acceptors (Lipinski definition) is 4. The molecule has 0 bridgehead atoms. The summed E-state index contributed by atoms with van der Waals surface area (Å²) in [6.07, 6.45) is 1.41. The third-order valence-corrected chi connectivity index (χ3v) is 7.39. The number of amides is 2. The molecule has 0 radical (unpaired) electrons. The van der Waals surface area contributed by atoms with Crippen LogP contribution in [0.2, 0.25) is 15.1 Å². The number of rotatable bonds is 11. The highest BCUT2D eigenvalue weighted by molar-refractivity contribution is 7.92. The van der Waals surface area contributed by atoms with E-state index in [0.717, 1.165) is 11.8 Å². The number of carbonyl (C=O) groups excluding carboxylic acids is 2. The van der Waals surface area contributed by atoms with Gasteiger partial charge >= 0.3 is 0 Å². The summed E-state index contributed by atoms with van der Waals surface area (Å²) >= 11 is 18.1. The van der Waals surface area contributed by atoms with Gasteiger partial charge in [0.25, 0.3) is 0 Å². The highest BCUT2D eigenvalue weighted by atomic mass is 35.5. The molecular formula is C24H30Cl3N3O4S. The van der Waals surface area contributed by atoms with E-state index in [0.29, 0.717) is 20.8 Å². The Morgan fingerprint density at radius 1 is 0.971 bits per heavy atom. The van der Waals surface area contributed by atoms with Gasteiger partial charge in [0.05, 0.1) is 22.0 Å². The van der Waals surface area contributed by atoms with Gasteiger partial charge in [-0.15, -0.1) is 0 Å². The van der Waals surface area contributed by atoms with Crippen molar-refractivity contribution in [2.75, 3.05) is 17.1 Å². The first-order chi connectivity index (χ1) is 16.3. The first kappa shape index (κ1) is 29.2. The monoisotopic (exact) mass is 561 g/mol. The second-order valence-electron chi connectivity index (χ2n) is 8.52. The minimum Gasteiger partial charge on any atom is -0.352 e. The topological polar surface area (TPSA) is 86.8 Å². The normalized spacial score (nSPS) is 12.3. The lowest BCUT2D eigenvalue weighted by Gasteiger charge is -2.30. The summed E-state index contributed by atoms with van der Waals surface area (Å²) in [6, 6.07) is 10.6. The Balaban J connectivity index is 2.18. The van der Waals surface area contributed by atoms with E-state index in [-0.39, 0.29) is 43.8 Å². The summed E-state index contributed by atoms with van der Waals surface area (Å²) in [7, 11) is -3.58. The molecule has 0 heterocycles. The van der Waals surface area contributed by atoms with Crippen LogP contribution < -0.4 is 9.62 Å². The number of anilines is 1. The Hall–Kier alpha value is -2.00. The Morgan fingerprint density at radius 3 is 2.14 bits per heavy atom. The van der Waals surface area contributed by atoms with Crippen molar-refractivity contribution in [2.24, 2.45) is 0 Å². The van der Waals surface area contributed by atoms with Gasteiger partial charge < -0.3 is 10.2 Å². The van der Waals surface area contributed by atoms with Crippen LogP contribution in [0.5, 0.6) is 0 Å². The van der Waals surface area contributed by atoms with Crippen molar-refractivity contribution in [2.45, 2.75) is 52.2 Å². The fourth-order valence-corrected chi connectivity index (χ4v) is 4.85. The number of sulfonamides is 1. The van der Waals surface area contributed by atoms with Crippen LogP contribution in [0.25, 0.3) is 0 Å². The van der Waals surface area contributed by atoms with E-state index < -0.39 is 16.1 Å². The molecule has 2 amide bonds. The predicted octanol–water partition coefficient (Wildman–Crippen LogP) is 5.13. The molecule has 192 valence electrons. The molecule has 0 saturated carbocycles. The molecule has 35 heavy (non-hydrogen) atoms. The molecule has 7 nitrogen and oxygen atoms in total. The zero-order valence-electron chi connectivity index (χ0n) is 20.1. The van der Waals surface area contributed by atoms with E-state index in [1.165, 1.54) is 9.21 Å². The summed E-state index contributed by atoms with van der Waals surface area (Å²) in [5.74, 6) is -0.570. The van der Waals surface area contributed by atoms with Gasteiger partial charge in [-0.3, -0.25) is 13.9 Å². The zero-order chi connectivity index (χ0) is 26.3. The summed E-state index contributed by atoms with van der Waals surface area (Å²) in [6.45, 7) is 5.58. The van der Waals surface area contributed by atoms with Crippen molar-refractivity contribution in [1.82, 2.24) is 10.2 Å². The van der Waals surface area contributed by atoms with Crippen molar-refractivity contribution in [3.8, 4) is 0 Å². The number of carbonyl (C=O) groups is 2. The standard InChI is InChI=1S/C24H30Cl3N3O4S/c1-16(2)28-24(32)17(3)29(15-18-7-12-21(26)22(27)14-18)23(31)6-5-13-30(35(4,33)34)20-10-8-19(25)9-11-20/h7-12,14,16-17H,5-6,13,15H2,1-4H3,(H,28,32). The molecule has 0 saturated heterocycles. The van der Waals surface area contributed by atoms with Gasteiger partial charge in [0, 0.05) is 30.6 Å². The highest BCUT2D eigenvalue weighted by Gasteiger charge is 2.27. The Labute approximate surface area is 222 Å². The second kappa shape index (κ2) is 12.8. The maximum absolute atomic E-state index is 13.2. The largest absolute Gasteiger partial charge is 0.352 e. The van der Waals surface area contributed by atoms with Crippen LogP contribution in [-0.2, 0) is 26.2 Å². The molecule has 0 aliphatic carbocycles. The maximum atomic E-state index is 13.2. The predicted molar refractivity (Wildman–Crippen MR) is 143 cm³/mol. The van der Waals surface area contributed by atoms with Gasteiger partial charge in [0.15, 0.2) is 0 Å². The number of halogens is 3. The lowest BCUT2D eigenvalue weighted by atomic mass is 10.1. The van der Waals surface area contributed by atoms with Crippen molar-refractivity contribution in [3.05, 3.63) is 63.1 Å². The van der Waals surface area contributed by atoms with Crippen LogP contribution in [0.4, 0.5) is 5.69 Å². The van der Waals surface area contributed by atoms with Gasteiger partial charge in [-0.2, -0.15) is 0 Å². The maximum Gasteiger partial charge on any atom is 0.242 e. The minimum absolute atomic E-state index is 0.0419. The summed E-state index contributed by atoms with van der Waals surface area (Å²) in [5.41, 5.74) is 1.18. The highest BCUT2D eigenvalue weighted by Crippen LogP contribution is 2.25. The molecule has 0 fully saturated rings. The van der Waals surface area contributed by atoms with E-state index >= 15 is 0 Å². The Bertz CT molecular complexity index is 1140. The van der Waals surface area contributed by atoms with Gasteiger partial charge in [0.1, 0.15) is 6.04 Å². The molecule has 0 aromatic heterocycles. The smallest absolute Gasteiger partial charge is 0.242 e. The Morgan fingerprint density at radius 2 is 1.60 bits per heavy atom. The van der Waals surface area contributed by atoms with E-state index in [1.54, 1.807) is 49.4 Å². The van der Waals surface area contributed by atoms with Crippen molar-refractivity contribution in [3.63, 3.8) is 0 Å². The minimum atomic E-state index is -3.58. The van der Waals surface area contributed by atoms with Crippen molar-refractivity contribution in [1.29, 1.82) is 0 Å². The third kappa shape index (κ3) is 8.86. The number of nitrogens with one attached hydrogen (secondary N) is 1. The summed E-state index contributed by atoms with van der Waals surface area (Å²) in [4.78, 5) is 27.4. The fraction of sp³-hybridized carbons (Fsp3) is 0.417. The zero-order valence-corrected chi connectivity index (χ0v) is 23.2. The number of benzene rings is 2. The van der Waals surface area contributed by atoms with E-state index in [9.17, 15) is 18.0 Å². The number of hydrogen-bond donors (Lipinski definition) is 1. The van der Waals surface area contributed by atoms with Gasteiger partial charge in [-0.25, -0.2) is 8.42 Å². The van der Waals surface area contributed by atoms with Gasteiger partial charge in [0.2, 0.25) is 21.8 Å². The molecule has 1 N–H and O–H groups in total. The second-order valence-corrected chi connectivity index (χ2v) is 11.7. The van der Waals surface area contributed by atoms with Crippen LogP contribution in [0.3, 0.4) is 0 Å². The fourth-order valence-electron chi connectivity index (χ4n) is 3.43. The van der Waals surface area contributed by atoms with E-state index in [1.807, 2.05) is 13.8 Å². The molecule has 0 spiro atoms. The number of nitrogens with zero attached hydrogens (tertiary/aromatic N) is 2. The molecule has 0 aliphatic rings. The summed E-state index contributed by atoms with van der Waals surface area (Å²) < 4.78 is 25.9. The molecule has 1 unspecified atom stereocenters. The van der Waals surface area contributed by atoms with Gasteiger partial charge in [-0.05, 0) is 69.2 Å². The SMILES string of the molecule is CC(C)NC(=O)C(C)N(Cc1ccc(Cl)c(Cl)c1)C(=O)CCCN(c1ccc(Cl)cc1)S(C)(=O)=O. The van der Waals surface area contributed by atoms with Crippen LogP contribution >= 0.6 is 34.8 Å². The van der Waals surface area contributed by atoms with Crippen LogP contribution in [0.1, 0.15) is 39.2 Å². The van der Waals surface area contributed by atoms with Crippen molar-refractivity contribution < 1.29 is 18.0 Å². The third-order valence-electron chi connectivity index (χ3n) is 5.20. The molecule has 0 aliphatic heterocycles. The van der Waals surface area contributed by atoms with Crippen LogP contribution in [0.15, 0.2) is 42.5 Å². The Kier molecular flexibility index (Phi) is 10.7.